The predicted molar refractivity (Wildman–Crippen MR) is 171 cm³/mol. The Kier molecular flexibility index (Phi) is 9.23. The largest absolute Gasteiger partial charge is 0.363 e. The summed E-state index contributed by atoms with van der Waals surface area (Å²) in [6.45, 7) is 14.7. The number of anilines is 1. The Morgan fingerprint density at radius 2 is 1.68 bits per heavy atom. The topological polar surface area (TPSA) is 66.3 Å². The number of nitrogens with one attached hydrogen (secondary N) is 1. The fraction of sp³-hybridized carbons (Fsp3) is 0.559. The van der Waals surface area contributed by atoms with Gasteiger partial charge in [-0.3, -0.25) is 9.69 Å². The average molecular weight is 611 g/mol. The van der Waals surface area contributed by atoms with Gasteiger partial charge in [0.25, 0.3) is 11.5 Å². The van der Waals surface area contributed by atoms with Crippen molar-refractivity contribution in [2.24, 2.45) is 13.0 Å². The van der Waals surface area contributed by atoms with Crippen LogP contribution in [0.3, 0.4) is 0 Å². The molecule has 238 valence electrons. The second-order valence-corrected chi connectivity index (χ2v) is 12.9. The summed E-state index contributed by atoms with van der Waals surface area (Å²) in [7, 11) is 1.74. The van der Waals surface area contributed by atoms with E-state index in [0.29, 0.717) is 55.0 Å². The van der Waals surface area contributed by atoms with Crippen molar-refractivity contribution in [1.29, 1.82) is 0 Å². The molecule has 0 spiro atoms. The molecule has 4 heterocycles. The molecule has 3 aromatic rings. The van der Waals surface area contributed by atoms with E-state index in [1.165, 1.54) is 18.2 Å². The molecule has 0 amide bonds. The number of aromatic nitrogens is 3. The van der Waals surface area contributed by atoms with Gasteiger partial charge in [-0.25, -0.2) is 23.1 Å². The molecule has 2 aliphatic rings. The monoisotopic (exact) mass is 610 g/mol. The molecule has 2 aliphatic heterocycles. The van der Waals surface area contributed by atoms with Gasteiger partial charge >= 0.3 is 0 Å². The Hall–Kier alpha value is -3.24. The first-order valence-corrected chi connectivity index (χ1v) is 15.8. The number of pyridine rings is 1. The maximum absolute atomic E-state index is 16.0. The molecule has 1 atom stereocenters. The fourth-order valence-corrected chi connectivity index (χ4v) is 6.61. The van der Waals surface area contributed by atoms with Crippen molar-refractivity contribution in [1.82, 2.24) is 24.3 Å². The van der Waals surface area contributed by atoms with Crippen LogP contribution < -0.4 is 10.9 Å². The maximum Gasteiger partial charge on any atom is 0.278 e. The van der Waals surface area contributed by atoms with Crippen LogP contribution in [0.1, 0.15) is 82.6 Å². The highest BCUT2D eigenvalue weighted by atomic mass is 19.3. The zero-order valence-corrected chi connectivity index (χ0v) is 26.9. The van der Waals surface area contributed by atoms with Gasteiger partial charge in [0.2, 0.25) is 0 Å². The third-order valence-electron chi connectivity index (χ3n) is 9.49. The van der Waals surface area contributed by atoms with Gasteiger partial charge in [0.05, 0.1) is 17.0 Å². The third-order valence-corrected chi connectivity index (χ3v) is 9.49. The minimum absolute atomic E-state index is 0.124. The van der Waals surface area contributed by atoms with Crippen molar-refractivity contribution < 1.29 is 13.2 Å². The summed E-state index contributed by atoms with van der Waals surface area (Å²) >= 11 is 0. The van der Waals surface area contributed by atoms with Gasteiger partial charge in [-0.1, -0.05) is 24.3 Å². The van der Waals surface area contributed by atoms with Crippen molar-refractivity contribution in [2.45, 2.75) is 84.9 Å². The Balaban J connectivity index is 1.47. The minimum Gasteiger partial charge on any atom is -0.363 e. The van der Waals surface area contributed by atoms with E-state index in [1.54, 1.807) is 25.5 Å². The molecule has 0 radical (unpaired) electrons. The van der Waals surface area contributed by atoms with Crippen LogP contribution in [-0.4, -0.2) is 62.6 Å². The van der Waals surface area contributed by atoms with Crippen molar-refractivity contribution >= 4 is 22.3 Å². The molecule has 10 heteroatoms. The van der Waals surface area contributed by atoms with Gasteiger partial charge < -0.3 is 14.8 Å². The molecule has 2 aromatic heterocycles. The Labute approximate surface area is 258 Å². The fourth-order valence-electron chi connectivity index (χ4n) is 6.61. The van der Waals surface area contributed by atoms with E-state index in [1.807, 2.05) is 6.07 Å². The molecule has 44 heavy (non-hydrogen) atoms. The Bertz CT molecular complexity index is 1610. The van der Waals surface area contributed by atoms with Gasteiger partial charge in [0, 0.05) is 49.4 Å². The molecular weight excluding hydrogens is 565 g/mol. The number of fused-ring (bicyclic) bond motifs is 1. The number of halogens is 3. The summed E-state index contributed by atoms with van der Waals surface area (Å²) in [4.78, 5) is 27.1. The van der Waals surface area contributed by atoms with E-state index in [2.05, 4.69) is 58.9 Å². The maximum atomic E-state index is 16.0. The molecule has 1 fully saturated rings. The first-order chi connectivity index (χ1) is 20.8. The zero-order valence-electron chi connectivity index (χ0n) is 26.9. The molecular formula is C34H45F3N6O. The van der Waals surface area contributed by atoms with E-state index in [9.17, 15) is 4.79 Å². The SMILES string of the molecule is Cc1nc(N[C@H](C)c2cccc(C(F)(F)C3CCN(C(C)C)CC3)c2F)c2cc(C3=CCN(C(C)C)CC3)n(C)c(=O)c2n1. The van der Waals surface area contributed by atoms with Crippen LogP contribution in [0.25, 0.3) is 16.5 Å². The van der Waals surface area contributed by atoms with Crippen LogP contribution in [0.5, 0.6) is 0 Å². The smallest absolute Gasteiger partial charge is 0.278 e. The van der Waals surface area contributed by atoms with Gasteiger partial charge in [0.15, 0.2) is 0 Å². The first-order valence-electron chi connectivity index (χ1n) is 15.8. The van der Waals surface area contributed by atoms with E-state index in [0.717, 1.165) is 30.8 Å². The molecule has 1 saturated heterocycles. The summed E-state index contributed by atoms with van der Waals surface area (Å²) in [5.41, 5.74) is 1.42. The van der Waals surface area contributed by atoms with Crippen LogP contribution in [0.4, 0.5) is 19.0 Å². The lowest BCUT2D eigenvalue weighted by Gasteiger charge is -2.38. The molecule has 0 bridgehead atoms. The van der Waals surface area contributed by atoms with Crippen LogP contribution in [0.2, 0.25) is 0 Å². The number of benzene rings is 1. The van der Waals surface area contributed by atoms with E-state index >= 15 is 13.2 Å². The van der Waals surface area contributed by atoms with Gasteiger partial charge in [-0.15, -0.1) is 0 Å². The van der Waals surface area contributed by atoms with Gasteiger partial charge in [-0.2, -0.15) is 0 Å². The number of hydrogen-bond donors (Lipinski definition) is 1. The van der Waals surface area contributed by atoms with Crippen molar-refractivity contribution in [3.8, 4) is 0 Å². The number of rotatable bonds is 8. The van der Waals surface area contributed by atoms with Crippen LogP contribution in [0.15, 0.2) is 35.1 Å². The molecule has 0 unspecified atom stereocenters. The number of alkyl halides is 2. The molecule has 0 saturated carbocycles. The summed E-state index contributed by atoms with van der Waals surface area (Å²) in [5.74, 6) is -4.36. The second kappa shape index (κ2) is 12.6. The second-order valence-electron chi connectivity index (χ2n) is 12.9. The minimum atomic E-state index is -3.29. The molecule has 1 aromatic carbocycles. The Morgan fingerprint density at radius 1 is 1.00 bits per heavy atom. The van der Waals surface area contributed by atoms with E-state index < -0.39 is 29.3 Å². The number of aryl methyl sites for hydroxylation is 1. The normalized spacial score (nSPS) is 18.3. The van der Waals surface area contributed by atoms with Crippen LogP contribution >= 0.6 is 0 Å². The predicted octanol–water partition coefficient (Wildman–Crippen LogP) is 6.66. The van der Waals surface area contributed by atoms with E-state index in [4.69, 9.17) is 0 Å². The van der Waals surface area contributed by atoms with Crippen molar-refractivity contribution in [3.05, 3.63) is 69.2 Å². The summed E-state index contributed by atoms with van der Waals surface area (Å²) in [5, 5.41) is 3.76. The lowest BCUT2D eigenvalue weighted by Crippen LogP contribution is -2.42. The zero-order chi connectivity index (χ0) is 31.9. The summed E-state index contributed by atoms with van der Waals surface area (Å²) < 4.78 is 49.2. The van der Waals surface area contributed by atoms with Gasteiger partial charge in [0.1, 0.15) is 23.0 Å². The highest BCUT2D eigenvalue weighted by molar-refractivity contribution is 5.91. The number of likely N-dealkylation sites (tertiary alicyclic amines) is 1. The number of piperidine rings is 1. The molecule has 7 nitrogen and oxygen atoms in total. The molecule has 1 N–H and O–H groups in total. The molecule has 0 aliphatic carbocycles. The lowest BCUT2D eigenvalue weighted by atomic mass is 9.85. The quantitative estimate of drug-likeness (QED) is 0.308. The van der Waals surface area contributed by atoms with Crippen LogP contribution in [0, 0.1) is 18.7 Å². The lowest BCUT2D eigenvalue weighted by molar-refractivity contribution is -0.0900. The first kappa shape index (κ1) is 32.2. The average Bonchev–Trinajstić information content (AvgIpc) is 2.99. The number of nitrogens with zero attached hydrogens (tertiary/aromatic N) is 5. The summed E-state index contributed by atoms with van der Waals surface area (Å²) in [6.07, 6.45) is 3.59. The van der Waals surface area contributed by atoms with E-state index in [-0.39, 0.29) is 16.6 Å². The highest BCUT2D eigenvalue weighted by Gasteiger charge is 2.45. The third kappa shape index (κ3) is 6.15. The number of hydrogen-bond acceptors (Lipinski definition) is 6. The Morgan fingerprint density at radius 3 is 2.30 bits per heavy atom. The standard InChI is InChI=1S/C34H45F3N6O/c1-20(2)42-15-11-24(12-16-42)29-19-27-31(33(44)41(29)7)39-23(6)40-32(27)38-22(5)26-9-8-10-28(30(26)35)34(36,37)25-13-17-43(18-14-25)21(3)4/h8-11,19-22,25H,12-18H2,1-7H3,(H,38,39,40)/t22-/m1/s1. The van der Waals surface area contributed by atoms with Crippen LogP contribution in [-0.2, 0) is 13.0 Å². The highest BCUT2D eigenvalue weighted by Crippen LogP contribution is 2.44. The van der Waals surface area contributed by atoms with Crippen molar-refractivity contribution in [2.75, 3.05) is 31.5 Å². The molecule has 5 rings (SSSR count). The van der Waals surface area contributed by atoms with Gasteiger partial charge in [-0.05, 0) is 85.5 Å². The van der Waals surface area contributed by atoms with Crippen molar-refractivity contribution in [3.63, 3.8) is 0 Å². The summed E-state index contributed by atoms with van der Waals surface area (Å²) in [6, 6.07) is 6.17.